The van der Waals surface area contributed by atoms with Crippen LogP contribution in [-0.2, 0) is 10.0 Å². The summed E-state index contributed by atoms with van der Waals surface area (Å²) in [5.41, 5.74) is 0.874. The average Bonchev–Trinajstić information content (AvgIpc) is 3.20. The van der Waals surface area contributed by atoms with Crippen LogP contribution in [0, 0.1) is 0 Å². The number of rotatable bonds is 7. The van der Waals surface area contributed by atoms with Crippen molar-refractivity contribution in [3.63, 3.8) is 0 Å². The Morgan fingerprint density at radius 3 is 2.27 bits per heavy atom. The van der Waals surface area contributed by atoms with Gasteiger partial charge in [0.15, 0.2) is 11.5 Å². The van der Waals surface area contributed by atoms with Crippen molar-refractivity contribution in [3.05, 3.63) is 76.5 Å². The molecule has 1 heterocycles. The Kier molecular flexibility index (Phi) is 5.61. The predicted molar refractivity (Wildman–Crippen MR) is 102 cm³/mol. The van der Waals surface area contributed by atoms with Crippen LogP contribution in [0.4, 0.5) is 0 Å². The van der Waals surface area contributed by atoms with Gasteiger partial charge >= 0.3 is 0 Å². The third-order valence-corrected chi connectivity index (χ3v) is 6.26. The number of sulfonamides is 1. The van der Waals surface area contributed by atoms with Crippen LogP contribution >= 0.6 is 11.3 Å². The summed E-state index contributed by atoms with van der Waals surface area (Å²) in [7, 11) is -0.791. The van der Waals surface area contributed by atoms with Crippen LogP contribution in [0.2, 0.25) is 0 Å². The number of thiophene rings is 1. The molecule has 2 aromatic carbocycles. The lowest BCUT2D eigenvalue weighted by atomic mass is 10.1. The highest BCUT2D eigenvalue weighted by molar-refractivity contribution is 7.89. The van der Waals surface area contributed by atoms with E-state index in [-0.39, 0.29) is 4.90 Å². The normalized spacial score (nSPS) is 12.5. The largest absolute Gasteiger partial charge is 0.493 e. The SMILES string of the molecule is COc1ccc(S(=O)(=O)NC(c2ccccc2)c2cccs2)cc1OC. The van der Waals surface area contributed by atoms with E-state index in [1.807, 2.05) is 47.8 Å². The molecular formula is C19H19NO4S2. The molecule has 0 bridgehead atoms. The average molecular weight is 389 g/mol. The molecule has 0 spiro atoms. The van der Waals surface area contributed by atoms with Crippen LogP contribution in [0.1, 0.15) is 16.5 Å². The quantitative estimate of drug-likeness (QED) is 0.667. The van der Waals surface area contributed by atoms with E-state index >= 15 is 0 Å². The summed E-state index contributed by atoms with van der Waals surface area (Å²) in [5, 5.41) is 1.93. The predicted octanol–water partition coefficient (Wildman–Crippen LogP) is 3.83. The molecule has 1 aromatic heterocycles. The number of nitrogens with one attached hydrogen (secondary N) is 1. The minimum absolute atomic E-state index is 0.118. The van der Waals surface area contributed by atoms with Gasteiger partial charge in [0.25, 0.3) is 0 Å². The molecule has 0 amide bonds. The molecule has 1 N–H and O–H groups in total. The highest BCUT2D eigenvalue weighted by Crippen LogP contribution is 2.32. The van der Waals surface area contributed by atoms with Gasteiger partial charge in [0.05, 0.1) is 25.2 Å². The summed E-state index contributed by atoms with van der Waals surface area (Å²) in [6, 6.07) is 17.4. The summed E-state index contributed by atoms with van der Waals surface area (Å²) in [4.78, 5) is 1.04. The molecule has 1 atom stereocenters. The van der Waals surface area contributed by atoms with E-state index in [0.717, 1.165) is 10.4 Å². The Labute approximate surface area is 157 Å². The molecule has 0 aliphatic heterocycles. The smallest absolute Gasteiger partial charge is 0.241 e. The zero-order valence-corrected chi connectivity index (χ0v) is 16.0. The molecule has 7 heteroatoms. The fraction of sp³-hybridized carbons (Fsp3) is 0.158. The van der Waals surface area contributed by atoms with Crippen LogP contribution < -0.4 is 14.2 Å². The van der Waals surface area contributed by atoms with Crippen molar-refractivity contribution >= 4 is 21.4 Å². The first kappa shape index (κ1) is 18.4. The fourth-order valence-electron chi connectivity index (χ4n) is 2.60. The Morgan fingerprint density at radius 2 is 1.65 bits per heavy atom. The maximum atomic E-state index is 13.0. The second-order valence-corrected chi connectivity index (χ2v) is 8.19. The third kappa shape index (κ3) is 3.90. The number of methoxy groups -OCH3 is 2. The van der Waals surface area contributed by atoms with Crippen molar-refractivity contribution in [1.82, 2.24) is 4.72 Å². The van der Waals surface area contributed by atoms with Gasteiger partial charge in [-0.3, -0.25) is 0 Å². The molecule has 136 valence electrons. The van der Waals surface area contributed by atoms with Crippen LogP contribution in [-0.4, -0.2) is 22.6 Å². The molecule has 0 aliphatic rings. The van der Waals surface area contributed by atoms with Gasteiger partial charge < -0.3 is 9.47 Å². The summed E-state index contributed by atoms with van der Waals surface area (Å²) in [6.07, 6.45) is 0. The number of benzene rings is 2. The molecule has 5 nitrogen and oxygen atoms in total. The van der Waals surface area contributed by atoms with E-state index < -0.39 is 16.1 Å². The Bertz CT molecular complexity index is 954. The van der Waals surface area contributed by atoms with Gasteiger partial charge in [0.1, 0.15) is 0 Å². The first-order chi connectivity index (χ1) is 12.5. The number of hydrogen-bond donors (Lipinski definition) is 1. The number of ether oxygens (including phenoxy) is 2. The minimum Gasteiger partial charge on any atom is -0.493 e. The van der Waals surface area contributed by atoms with Gasteiger partial charge in [-0.15, -0.1) is 11.3 Å². The van der Waals surface area contributed by atoms with Gasteiger partial charge in [-0.2, -0.15) is 4.72 Å². The highest BCUT2D eigenvalue weighted by atomic mass is 32.2. The van der Waals surface area contributed by atoms with Crippen molar-refractivity contribution in [2.45, 2.75) is 10.9 Å². The van der Waals surface area contributed by atoms with Gasteiger partial charge in [0, 0.05) is 10.9 Å². The molecule has 0 radical (unpaired) electrons. The molecule has 1 unspecified atom stereocenters. The topological polar surface area (TPSA) is 64.6 Å². The first-order valence-corrected chi connectivity index (χ1v) is 10.2. The van der Waals surface area contributed by atoms with Crippen LogP contribution in [0.25, 0.3) is 0 Å². The van der Waals surface area contributed by atoms with E-state index in [2.05, 4.69) is 4.72 Å². The maximum absolute atomic E-state index is 13.0. The first-order valence-electron chi connectivity index (χ1n) is 7.88. The molecule has 26 heavy (non-hydrogen) atoms. The lowest BCUT2D eigenvalue weighted by Crippen LogP contribution is -2.29. The second-order valence-electron chi connectivity index (χ2n) is 5.50. The van der Waals surface area contributed by atoms with E-state index in [4.69, 9.17) is 9.47 Å². The van der Waals surface area contributed by atoms with E-state index in [1.54, 1.807) is 6.07 Å². The molecular weight excluding hydrogens is 370 g/mol. The van der Waals surface area contributed by atoms with Crippen LogP contribution in [0.5, 0.6) is 11.5 Å². The summed E-state index contributed by atoms with van der Waals surface area (Å²) >= 11 is 1.50. The van der Waals surface area contributed by atoms with Gasteiger partial charge in [-0.1, -0.05) is 36.4 Å². The molecule has 0 aliphatic carbocycles. The Balaban J connectivity index is 1.98. The van der Waals surface area contributed by atoms with E-state index in [1.165, 1.54) is 37.7 Å². The second kappa shape index (κ2) is 7.90. The van der Waals surface area contributed by atoms with Crippen molar-refractivity contribution in [1.29, 1.82) is 0 Å². The third-order valence-electron chi connectivity index (χ3n) is 3.90. The van der Waals surface area contributed by atoms with Crippen molar-refractivity contribution in [3.8, 4) is 11.5 Å². The molecule has 0 saturated heterocycles. The molecule has 0 saturated carbocycles. The monoisotopic (exact) mass is 389 g/mol. The van der Waals surface area contributed by atoms with E-state index in [0.29, 0.717) is 11.5 Å². The van der Waals surface area contributed by atoms with Crippen LogP contribution in [0.3, 0.4) is 0 Å². The molecule has 3 aromatic rings. The lowest BCUT2D eigenvalue weighted by Gasteiger charge is -2.19. The maximum Gasteiger partial charge on any atom is 0.241 e. The summed E-state index contributed by atoms with van der Waals surface area (Å²) in [5.74, 6) is 0.840. The van der Waals surface area contributed by atoms with Gasteiger partial charge in [0.2, 0.25) is 10.0 Å². The highest BCUT2D eigenvalue weighted by Gasteiger charge is 2.24. The zero-order valence-electron chi connectivity index (χ0n) is 14.4. The van der Waals surface area contributed by atoms with Crippen LogP contribution in [0.15, 0.2) is 70.9 Å². The summed E-state index contributed by atoms with van der Waals surface area (Å²) in [6.45, 7) is 0. The van der Waals surface area contributed by atoms with E-state index in [9.17, 15) is 8.42 Å². The van der Waals surface area contributed by atoms with Crippen molar-refractivity contribution < 1.29 is 17.9 Å². The van der Waals surface area contributed by atoms with Gasteiger partial charge in [-0.25, -0.2) is 8.42 Å². The molecule has 3 rings (SSSR count). The standard InChI is InChI=1S/C19H19NO4S2/c1-23-16-11-10-15(13-17(16)24-2)26(21,22)20-19(18-9-6-12-25-18)14-7-4-3-5-8-14/h3-13,19-20H,1-2H3. The Hall–Kier alpha value is -2.35. The van der Waals surface area contributed by atoms with Crippen molar-refractivity contribution in [2.75, 3.05) is 14.2 Å². The number of hydrogen-bond acceptors (Lipinski definition) is 5. The lowest BCUT2D eigenvalue weighted by molar-refractivity contribution is 0.354. The van der Waals surface area contributed by atoms with Crippen molar-refractivity contribution in [2.24, 2.45) is 0 Å². The zero-order chi connectivity index (χ0) is 18.6. The minimum atomic E-state index is -3.77. The van der Waals surface area contributed by atoms with Gasteiger partial charge in [-0.05, 0) is 29.1 Å². The summed E-state index contributed by atoms with van der Waals surface area (Å²) < 4.78 is 39.1. The Morgan fingerprint density at radius 1 is 0.923 bits per heavy atom. The molecule has 0 fully saturated rings. The fourth-order valence-corrected chi connectivity index (χ4v) is 4.69.